The number of hydrogen-bond donors (Lipinski definition) is 2. The van der Waals surface area contributed by atoms with Gasteiger partial charge in [0.15, 0.2) is 0 Å². The predicted octanol–water partition coefficient (Wildman–Crippen LogP) is 1.90. The Kier molecular flexibility index (Phi) is 4.37. The zero-order chi connectivity index (χ0) is 18.2. The molecular formula is C19H22N2O4. The fraction of sp³-hybridized carbons (Fsp3) is 0.421. The fourth-order valence-corrected chi connectivity index (χ4v) is 3.98. The maximum atomic E-state index is 11.9. The van der Waals surface area contributed by atoms with Crippen molar-refractivity contribution in [3.63, 3.8) is 0 Å². The number of fused-ring (bicyclic) bond motifs is 1. The lowest BCUT2D eigenvalue weighted by Gasteiger charge is -2.48. The number of carbonyl (C=O) groups excluding carboxylic acids is 2. The highest BCUT2D eigenvalue weighted by Gasteiger charge is 2.43. The van der Waals surface area contributed by atoms with Crippen LogP contribution in [0.2, 0.25) is 0 Å². The van der Waals surface area contributed by atoms with E-state index in [4.69, 9.17) is 10.8 Å². The predicted molar refractivity (Wildman–Crippen MR) is 92.6 cm³/mol. The fourth-order valence-electron chi connectivity index (χ4n) is 3.98. The molecule has 0 radical (unpaired) electrons. The molecule has 132 valence electrons. The Hall–Kier alpha value is -2.63. The van der Waals surface area contributed by atoms with E-state index in [1.165, 1.54) is 5.57 Å². The van der Waals surface area contributed by atoms with Gasteiger partial charge < -0.3 is 15.7 Å². The van der Waals surface area contributed by atoms with Crippen molar-refractivity contribution in [1.29, 1.82) is 0 Å². The van der Waals surface area contributed by atoms with Crippen LogP contribution in [0.25, 0.3) is 5.57 Å². The van der Waals surface area contributed by atoms with Gasteiger partial charge >= 0.3 is 17.8 Å². The average Bonchev–Trinajstić information content (AvgIpc) is 2.59. The monoisotopic (exact) mass is 342 g/mol. The molecule has 6 nitrogen and oxygen atoms in total. The third-order valence-electron chi connectivity index (χ3n) is 5.57. The number of primary amides is 1. The summed E-state index contributed by atoms with van der Waals surface area (Å²) in [5.74, 6) is -2.00. The van der Waals surface area contributed by atoms with Crippen LogP contribution in [0, 0.1) is 11.3 Å². The van der Waals surface area contributed by atoms with Crippen molar-refractivity contribution in [2.45, 2.75) is 26.2 Å². The molecule has 1 aliphatic heterocycles. The van der Waals surface area contributed by atoms with Gasteiger partial charge in [-0.25, -0.2) is 4.79 Å². The average molecular weight is 342 g/mol. The number of benzene rings is 1. The molecule has 0 spiro atoms. The van der Waals surface area contributed by atoms with Gasteiger partial charge in [-0.2, -0.15) is 0 Å². The number of hydrogen-bond acceptors (Lipinski definition) is 3. The van der Waals surface area contributed by atoms with Gasteiger partial charge in [0.25, 0.3) is 0 Å². The van der Waals surface area contributed by atoms with Crippen molar-refractivity contribution in [2.75, 3.05) is 13.1 Å². The second kappa shape index (κ2) is 6.35. The highest BCUT2D eigenvalue weighted by Crippen LogP contribution is 2.47. The van der Waals surface area contributed by atoms with E-state index in [1.54, 1.807) is 17.0 Å². The second-order valence-electron chi connectivity index (χ2n) is 7.25. The highest BCUT2D eigenvalue weighted by atomic mass is 16.4. The van der Waals surface area contributed by atoms with Gasteiger partial charge in [0.05, 0.1) is 5.56 Å². The quantitative estimate of drug-likeness (QED) is 0.802. The number of carbonyl (C=O) groups is 3. The topological polar surface area (TPSA) is 101 Å². The Balaban J connectivity index is 1.77. The van der Waals surface area contributed by atoms with Crippen LogP contribution in [-0.2, 0) is 9.59 Å². The molecule has 0 bridgehead atoms. The molecule has 2 atom stereocenters. The molecule has 1 saturated heterocycles. The summed E-state index contributed by atoms with van der Waals surface area (Å²) in [4.78, 5) is 35.6. The minimum absolute atomic E-state index is 0.0616. The second-order valence-corrected chi connectivity index (χ2v) is 7.25. The number of likely N-dealkylation sites (tertiary alicyclic amines) is 1. The molecule has 0 aromatic heterocycles. The van der Waals surface area contributed by atoms with E-state index in [0.29, 0.717) is 19.0 Å². The number of nitrogens with zero attached hydrogens (tertiary/aromatic N) is 1. The molecular weight excluding hydrogens is 320 g/mol. The Morgan fingerprint density at radius 3 is 2.52 bits per heavy atom. The van der Waals surface area contributed by atoms with Crippen LogP contribution in [0.5, 0.6) is 0 Å². The third kappa shape index (κ3) is 3.29. The summed E-state index contributed by atoms with van der Waals surface area (Å²) in [6.45, 7) is 3.24. The number of nitrogens with two attached hydrogens (primary N) is 1. The van der Waals surface area contributed by atoms with E-state index in [2.05, 4.69) is 13.0 Å². The zero-order valence-corrected chi connectivity index (χ0v) is 14.2. The van der Waals surface area contributed by atoms with Crippen molar-refractivity contribution in [3.8, 4) is 0 Å². The maximum Gasteiger partial charge on any atom is 0.335 e. The lowest BCUT2D eigenvalue weighted by molar-refractivity contribution is -0.147. The molecule has 1 aliphatic carbocycles. The summed E-state index contributed by atoms with van der Waals surface area (Å²) in [6.07, 6.45) is 4.71. The van der Waals surface area contributed by atoms with Gasteiger partial charge in [0, 0.05) is 13.1 Å². The summed E-state index contributed by atoms with van der Waals surface area (Å²) in [5, 5.41) is 9.00. The molecule has 0 saturated carbocycles. The van der Waals surface area contributed by atoms with Crippen LogP contribution in [0.3, 0.4) is 0 Å². The standard InChI is InChI=1S/C19H22N2O4/c1-19-8-6-14(12-2-4-13(5-3-12)18(24)25)10-15(19)7-9-21(11-19)17(23)16(20)22/h2-6,15H,7-11H2,1H3,(H2,20,22)(H,24,25)/t15-,19+/m0/s1. The minimum atomic E-state index is -0.928. The smallest absolute Gasteiger partial charge is 0.335 e. The molecule has 25 heavy (non-hydrogen) atoms. The summed E-state index contributed by atoms with van der Waals surface area (Å²) in [5.41, 5.74) is 7.61. The Bertz CT molecular complexity index is 753. The van der Waals surface area contributed by atoms with Crippen molar-refractivity contribution in [1.82, 2.24) is 4.90 Å². The Labute approximate surface area is 146 Å². The summed E-state index contributed by atoms with van der Waals surface area (Å²) in [6, 6.07) is 6.95. The molecule has 0 unspecified atom stereocenters. The number of rotatable bonds is 2. The SMILES string of the molecule is C[C@]12CC=C(c3ccc(C(=O)O)cc3)C[C@@H]1CCN(C(=O)C(N)=O)C2. The van der Waals surface area contributed by atoms with Gasteiger partial charge in [0.2, 0.25) is 0 Å². The van der Waals surface area contributed by atoms with Crippen molar-refractivity contribution in [3.05, 3.63) is 41.5 Å². The van der Waals surface area contributed by atoms with Crippen LogP contribution in [0.1, 0.15) is 42.1 Å². The first-order valence-corrected chi connectivity index (χ1v) is 8.41. The molecule has 3 rings (SSSR count). The zero-order valence-electron chi connectivity index (χ0n) is 14.2. The molecule has 3 N–H and O–H groups in total. The van der Waals surface area contributed by atoms with Crippen LogP contribution in [-0.4, -0.2) is 40.9 Å². The number of piperidine rings is 1. The van der Waals surface area contributed by atoms with Gasteiger partial charge in [-0.1, -0.05) is 25.1 Å². The lowest BCUT2D eigenvalue weighted by Crippen LogP contribution is -2.53. The minimum Gasteiger partial charge on any atom is -0.478 e. The first kappa shape index (κ1) is 17.2. The Morgan fingerprint density at radius 1 is 1.24 bits per heavy atom. The van der Waals surface area contributed by atoms with Crippen LogP contribution < -0.4 is 5.73 Å². The molecule has 1 heterocycles. The Morgan fingerprint density at radius 2 is 1.92 bits per heavy atom. The molecule has 2 aliphatic rings. The van der Waals surface area contributed by atoms with Crippen molar-refractivity contribution >= 4 is 23.4 Å². The van der Waals surface area contributed by atoms with E-state index in [1.807, 2.05) is 12.1 Å². The van der Waals surface area contributed by atoms with Crippen molar-refractivity contribution in [2.24, 2.45) is 17.1 Å². The van der Waals surface area contributed by atoms with E-state index in [-0.39, 0.29) is 11.0 Å². The number of allylic oxidation sites excluding steroid dienone is 2. The van der Waals surface area contributed by atoms with E-state index >= 15 is 0 Å². The van der Waals surface area contributed by atoms with Crippen LogP contribution in [0.4, 0.5) is 0 Å². The van der Waals surface area contributed by atoms with Crippen LogP contribution >= 0.6 is 0 Å². The number of aromatic carboxylic acids is 1. The summed E-state index contributed by atoms with van der Waals surface area (Å²) in [7, 11) is 0. The maximum absolute atomic E-state index is 11.9. The first-order chi connectivity index (χ1) is 11.8. The summed E-state index contributed by atoms with van der Waals surface area (Å²) < 4.78 is 0. The van der Waals surface area contributed by atoms with Gasteiger partial charge in [-0.3, -0.25) is 9.59 Å². The van der Waals surface area contributed by atoms with E-state index in [9.17, 15) is 14.4 Å². The molecule has 1 fully saturated rings. The van der Waals surface area contributed by atoms with E-state index in [0.717, 1.165) is 24.8 Å². The first-order valence-electron chi connectivity index (χ1n) is 8.41. The molecule has 6 heteroatoms. The van der Waals surface area contributed by atoms with E-state index < -0.39 is 17.8 Å². The molecule has 1 aromatic rings. The largest absolute Gasteiger partial charge is 0.478 e. The van der Waals surface area contributed by atoms with Gasteiger partial charge in [-0.15, -0.1) is 0 Å². The highest BCUT2D eigenvalue weighted by molar-refractivity contribution is 6.34. The summed E-state index contributed by atoms with van der Waals surface area (Å²) >= 11 is 0. The number of amides is 2. The lowest BCUT2D eigenvalue weighted by atomic mass is 9.64. The molecule has 2 amide bonds. The van der Waals surface area contributed by atoms with Crippen LogP contribution in [0.15, 0.2) is 30.3 Å². The van der Waals surface area contributed by atoms with Crippen molar-refractivity contribution < 1.29 is 19.5 Å². The van der Waals surface area contributed by atoms with Gasteiger partial charge in [-0.05, 0) is 53.9 Å². The third-order valence-corrected chi connectivity index (χ3v) is 5.57. The number of carboxylic acid groups (broad SMARTS) is 1. The molecule has 1 aromatic carbocycles. The normalized spacial score (nSPS) is 25.7. The number of carboxylic acids is 1. The van der Waals surface area contributed by atoms with Gasteiger partial charge in [0.1, 0.15) is 0 Å².